The number of nitrogens with two attached hydrogens (primary N) is 2. The molecular weight excluding hydrogens is 773 g/mol. The highest BCUT2D eigenvalue weighted by Gasteiger charge is 2.48. The molecule has 1 aromatic carbocycles. The first-order valence-electron chi connectivity index (χ1n) is 19.8. The van der Waals surface area contributed by atoms with Gasteiger partial charge >= 0.3 is 11.7 Å². The first-order chi connectivity index (χ1) is 28.9. The van der Waals surface area contributed by atoms with E-state index in [4.69, 9.17) is 26.3 Å². The van der Waals surface area contributed by atoms with Crippen molar-refractivity contribution in [1.29, 1.82) is 0 Å². The normalized spacial score (nSPS) is 16.9. The number of aromatic nitrogens is 10. The highest BCUT2D eigenvalue weighted by Crippen LogP contribution is 2.37. The van der Waals surface area contributed by atoms with Crippen LogP contribution in [0.1, 0.15) is 67.2 Å². The lowest BCUT2D eigenvalue weighted by atomic mass is 9.78. The van der Waals surface area contributed by atoms with Gasteiger partial charge in [0.1, 0.15) is 12.1 Å². The highest BCUT2D eigenvalue weighted by molar-refractivity contribution is 6.07. The van der Waals surface area contributed by atoms with Crippen LogP contribution in [0.5, 0.6) is 0 Å². The Labute approximate surface area is 342 Å². The van der Waals surface area contributed by atoms with Gasteiger partial charge in [0.05, 0.1) is 41.2 Å². The van der Waals surface area contributed by atoms with E-state index in [-0.39, 0.29) is 53.0 Å². The predicted octanol–water partition coefficient (Wildman–Crippen LogP) is 1.12. The monoisotopic (exact) mass is 817 g/mol. The fourth-order valence-electron chi connectivity index (χ4n) is 8.43. The molecule has 3 aliphatic rings. The number of aryl methyl sites for hydroxylation is 4. The number of amides is 4. The fourth-order valence-corrected chi connectivity index (χ4v) is 8.43. The van der Waals surface area contributed by atoms with Gasteiger partial charge in [0.15, 0.2) is 17.0 Å². The molecular formula is C39H45N16O5+. The Balaban J connectivity index is 1.20. The molecule has 7 N–H and O–H groups in total. The standard InChI is InChI=1S/C39H44N16O5/c1-5-53-30-28(21(3)48-53)55-22(4)49-54(6-2)36(55)35(59)47-38-45-27-15-24(32(41)57)16-43-33(27)52(38)11-8-7-10-51-29-25(42-9-12-50-17-39(18-50)19-60-20-39)13-23(31(40)56)14-26(29)44-37(51)46-34(30)58/h7-8,13-16,42H,5-6,9-12,17-20H2,1-4H3,(H5-,40,41,44,45,46,47,56,57,58,59)/p+1/b8-7+. The van der Waals surface area contributed by atoms with Crippen molar-refractivity contribution in [3.8, 4) is 5.69 Å². The maximum atomic E-state index is 14.7. The van der Waals surface area contributed by atoms with E-state index < -0.39 is 23.6 Å². The van der Waals surface area contributed by atoms with Crippen LogP contribution in [0.15, 0.2) is 36.5 Å². The Kier molecular flexibility index (Phi) is 9.42. The van der Waals surface area contributed by atoms with E-state index in [1.165, 1.54) is 12.3 Å². The number of benzene rings is 1. The molecule has 0 atom stereocenters. The van der Waals surface area contributed by atoms with Crippen molar-refractivity contribution >= 4 is 63.4 Å². The Morgan fingerprint density at radius 3 is 2.23 bits per heavy atom. The van der Waals surface area contributed by atoms with Gasteiger partial charge < -0.3 is 31.0 Å². The van der Waals surface area contributed by atoms with Gasteiger partial charge in [-0.25, -0.2) is 15.0 Å². The minimum absolute atomic E-state index is 0.117. The maximum Gasteiger partial charge on any atom is 0.331 e. The van der Waals surface area contributed by atoms with Crippen LogP contribution in [0, 0.1) is 19.3 Å². The number of rotatable bonds is 8. The van der Waals surface area contributed by atoms with Crippen LogP contribution < -0.4 is 32.0 Å². The highest BCUT2D eigenvalue weighted by atomic mass is 16.5. The number of carbonyl (C=O) groups excluding carboxylic acids is 4. The number of hydrogen-bond acceptors (Lipinski definition) is 12. The number of nitrogens with zero attached hydrogens (tertiary/aromatic N) is 11. The SMILES string of the molecule is CCn1nc(C)c2c1C(=O)Nc1nc3cc(C(N)=O)cc(NCCN4CC5(COC5)C4)c3n1C/C=C/Cn1c(nc3cc(C(N)=O)cnc31)NC(=O)c1n(CC)nc(C)[n+]1-2. The minimum atomic E-state index is -0.668. The fraction of sp³-hybridized carbons (Fsp3) is 0.385. The molecule has 0 unspecified atom stereocenters. The third-order valence-corrected chi connectivity index (χ3v) is 11.2. The van der Waals surface area contributed by atoms with Crippen molar-refractivity contribution in [2.45, 2.75) is 53.9 Å². The molecule has 60 heavy (non-hydrogen) atoms. The third-order valence-electron chi connectivity index (χ3n) is 11.2. The van der Waals surface area contributed by atoms with Crippen molar-refractivity contribution < 1.29 is 28.5 Å². The minimum Gasteiger partial charge on any atom is -0.382 e. The van der Waals surface area contributed by atoms with Crippen molar-refractivity contribution in [1.82, 2.24) is 48.5 Å². The number of hydrogen-bond donors (Lipinski definition) is 5. The summed E-state index contributed by atoms with van der Waals surface area (Å²) in [4.78, 5) is 70.4. The first-order valence-corrected chi connectivity index (χ1v) is 19.8. The molecule has 0 radical (unpaired) electrons. The van der Waals surface area contributed by atoms with E-state index in [2.05, 4.69) is 35.9 Å². The molecule has 8 heterocycles. The maximum absolute atomic E-state index is 14.7. The Morgan fingerprint density at radius 2 is 1.55 bits per heavy atom. The Bertz CT molecular complexity index is 2800. The zero-order chi connectivity index (χ0) is 42.0. The van der Waals surface area contributed by atoms with Crippen molar-refractivity contribution in [3.05, 3.63) is 70.7 Å². The summed E-state index contributed by atoms with van der Waals surface area (Å²) in [5.74, 6) is -1.47. The van der Waals surface area contributed by atoms with E-state index >= 15 is 0 Å². The smallest absolute Gasteiger partial charge is 0.331 e. The molecule has 2 saturated heterocycles. The van der Waals surface area contributed by atoms with Gasteiger partial charge in [0.2, 0.25) is 23.7 Å². The lowest BCUT2D eigenvalue weighted by molar-refractivity contribution is -0.606. The van der Waals surface area contributed by atoms with Gasteiger partial charge in [-0.3, -0.25) is 39.1 Å². The summed E-state index contributed by atoms with van der Waals surface area (Å²) in [5.41, 5.74) is 15.5. The summed E-state index contributed by atoms with van der Waals surface area (Å²) in [6.45, 7) is 13.2. The van der Waals surface area contributed by atoms with Gasteiger partial charge in [-0.05, 0) is 39.0 Å². The molecule has 0 bridgehead atoms. The molecule has 3 aliphatic heterocycles. The number of primary amides is 2. The number of likely N-dealkylation sites (tertiary alicyclic amines) is 1. The van der Waals surface area contributed by atoms with Crippen LogP contribution in [-0.2, 0) is 30.9 Å². The second-order valence-corrected chi connectivity index (χ2v) is 15.4. The van der Waals surface area contributed by atoms with Gasteiger partial charge in [-0.1, -0.05) is 12.2 Å². The summed E-state index contributed by atoms with van der Waals surface area (Å²) in [7, 11) is 0. The van der Waals surface area contributed by atoms with Gasteiger partial charge in [-0.15, -0.1) is 4.68 Å². The van der Waals surface area contributed by atoms with E-state index in [0.717, 1.165) is 32.8 Å². The van der Waals surface area contributed by atoms with Gasteiger partial charge in [0.25, 0.3) is 11.7 Å². The number of anilines is 3. The molecule has 21 nitrogen and oxygen atoms in total. The molecule has 0 aliphatic carbocycles. The topological polar surface area (TPSA) is 257 Å². The second kappa shape index (κ2) is 14.7. The lowest BCUT2D eigenvalue weighted by Gasteiger charge is -2.55. The van der Waals surface area contributed by atoms with Crippen LogP contribution >= 0.6 is 0 Å². The Morgan fingerprint density at radius 1 is 0.883 bits per heavy atom. The van der Waals surface area contributed by atoms with Crippen molar-refractivity contribution in [3.63, 3.8) is 0 Å². The molecule has 1 spiro atoms. The third kappa shape index (κ3) is 6.41. The number of ether oxygens (including phenoxy) is 1. The average molecular weight is 818 g/mol. The number of fused-ring (bicyclic) bond motifs is 9. The quantitative estimate of drug-likeness (QED) is 0.107. The van der Waals surface area contributed by atoms with Crippen LogP contribution in [0.4, 0.5) is 17.6 Å². The van der Waals surface area contributed by atoms with Gasteiger partial charge in [-0.2, -0.15) is 9.67 Å². The molecule has 310 valence electrons. The second-order valence-electron chi connectivity index (χ2n) is 15.4. The Hall–Kier alpha value is -7.00. The summed E-state index contributed by atoms with van der Waals surface area (Å²) in [6, 6.07) is 4.84. The van der Waals surface area contributed by atoms with Gasteiger partial charge in [0, 0.05) is 75.0 Å². The summed E-state index contributed by atoms with van der Waals surface area (Å²) >= 11 is 0. The van der Waals surface area contributed by atoms with E-state index in [1.54, 1.807) is 44.5 Å². The molecule has 2 fully saturated rings. The molecule has 4 amide bonds. The summed E-state index contributed by atoms with van der Waals surface area (Å²) in [5, 5.41) is 18.9. The van der Waals surface area contributed by atoms with Crippen molar-refractivity contribution in [2.24, 2.45) is 16.9 Å². The first kappa shape index (κ1) is 38.5. The van der Waals surface area contributed by atoms with Crippen molar-refractivity contribution in [2.75, 3.05) is 55.3 Å². The van der Waals surface area contributed by atoms with Crippen LogP contribution in [-0.4, -0.2) is 112 Å². The number of carbonyl (C=O) groups is 4. The molecule has 0 saturated carbocycles. The number of pyridine rings is 1. The predicted molar refractivity (Wildman–Crippen MR) is 218 cm³/mol. The molecule has 6 aromatic rings. The summed E-state index contributed by atoms with van der Waals surface area (Å²) < 4.78 is 13.7. The van der Waals surface area contributed by atoms with Crippen LogP contribution in [0.25, 0.3) is 27.9 Å². The number of imidazole rings is 2. The molecule has 21 heteroatoms. The zero-order valence-electron chi connectivity index (χ0n) is 33.7. The average Bonchev–Trinajstić information content (AvgIpc) is 3.91. The van der Waals surface area contributed by atoms with Crippen LogP contribution in [0.2, 0.25) is 0 Å². The number of allylic oxidation sites excluding steroid dienone is 2. The summed E-state index contributed by atoms with van der Waals surface area (Å²) in [6.07, 6.45) is 5.12. The van der Waals surface area contributed by atoms with E-state index in [1.807, 2.05) is 30.6 Å². The lowest BCUT2D eigenvalue weighted by Crippen LogP contribution is -2.66. The zero-order valence-corrected chi connectivity index (χ0v) is 33.7. The largest absolute Gasteiger partial charge is 0.382 e. The van der Waals surface area contributed by atoms with E-state index in [9.17, 15) is 19.2 Å². The van der Waals surface area contributed by atoms with E-state index in [0.29, 0.717) is 64.7 Å². The molecule has 9 rings (SSSR count). The molecule has 5 aromatic heterocycles. The van der Waals surface area contributed by atoms with Crippen LogP contribution in [0.3, 0.4) is 0 Å². The number of nitrogens with one attached hydrogen (secondary N) is 3.